The first-order valence-electron chi connectivity index (χ1n) is 7.19. The van der Waals surface area contributed by atoms with Crippen LogP contribution >= 0.6 is 11.8 Å². The van der Waals surface area contributed by atoms with Crippen molar-refractivity contribution >= 4 is 23.4 Å². The highest BCUT2D eigenvalue weighted by Gasteiger charge is 2.16. The Hall–Kier alpha value is -1.76. The molecule has 1 rings (SSSR count). The molecule has 0 heterocycles. The third kappa shape index (κ3) is 5.93. The van der Waals surface area contributed by atoms with Gasteiger partial charge < -0.3 is 10.6 Å². The summed E-state index contributed by atoms with van der Waals surface area (Å²) in [6.45, 7) is 8.06. The molecular weight excluding hydrogens is 300 g/mol. The van der Waals surface area contributed by atoms with Gasteiger partial charge in [-0.25, -0.2) is 4.99 Å². The summed E-state index contributed by atoms with van der Waals surface area (Å²) in [6.07, 6.45) is 2.07. The first-order chi connectivity index (χ1) is 10.4. The Morgan fingerprint density at radius 3 is 2.64 bits per heavy atom. The van der Waals surface area contributed by atoms with Crippen LogP contribution < -0.4 is 10.6 Å². The fourth-order valence-electron chi connectivity index (χ4n) is 1.70. The minimum absolute atomic E-state index is 0.0922. The number of benzene rings is 1. The van der Waals surface area contributed by atoms with E-state index in [9.17, 15) is 10.1 Å². The van der Waals surface area contributed by atoms with Gasteiger partial charge in [-0.3, -0.25) is 10.1 Å². The number of nitro benzene ring substituents is 1. The quantitative estimate of drug-likeness (QED) is 0.349. The number of nitro groups is 1. The van der Waals surface area contributed by atoms with Gasteiger partial charge in [0.25, 0.3) is 5.69 Å². The predicted molar refractivity (Wildman–Crippen MR) is 93.5 cm³/mol. The Balaban J connectivity index is 2.80. The average molecular weight is 324 g/mol. The van der Waals surface area contributed by atoms with Crippen LogP contribution in [-0.4, -0.2) is 35.0 Å². The number of guanidine groups is 1. The Labute approximate surface area is 135 Å². The summed E-state index contributed by atoms with van der Waals surface area (Å²) < 4.78 is 0.0922. The van der Waals surface area contributed by atoms with Gasteiger partial charge in [-0.15, -0.1) is 0 Å². The molecule has 0 radical (unpaired) electrons. The molecule has 7 heteroatoms. The van der Waals surface area contributed by atoms with Crippen molar-refractivity contribution < 1.29 is 4.92 Å². The maximum absolute atomic E-state index is 11.0. The first kappa shape index (κ1) is 18.3. The largest absolute Gasteiger partial charge is 0.357 e. The molecule has 6 nitrogen and oxygen atoms in total. The first-order valence-corrected chi connectivity index (χ1v) is 8.41. The van der Waals surface area contributed by atoms with E-state index in [2.05, 4.69) is 35.7 Å². The van der Waals surface area contributed by atoms with Gasteiger partial charge >= 0.3 is 0 Å². The van der Waals surface area contributed by atoms with Crippen LogP contribution in [0.3, 0.4) is 0 Å². The molecule has 22 heavy (non-hydrogen) atoms. The number of hydrogen-bond donors (Lipinski definition) is 2. The summed E-state index contributed by atoms with van der Waals surface area (Å²) in [5.74, 6) is 0.669. The minimum atomic E-state index is -0.373. The number of para-hydroxylation sites is 1. The van der Waals surface area contributed by atoms with Crippen LogP contribution in [0.1, 0.15) is 26.3 Å². The number of aliphatic imine (C=N–C) groups is 1. The molecule has 0 amide bonds. The normalized spacial score (nSPS) is 12.1. The summed E-state index contributed by atoms with van der Waals surface area (Å²) in [4.78, 5) is 15.1. The van der Waals surface area contributed by atoms with Gasteiger partial charge in [-0.1, -0.05) is 18.2 Å². The number of thioether (sulfide) groups is 1. The molecule has 0 saturated heterocycles. The summed E-state index contributed by atoms with van der Waals surface area (Å²) in [5.41, 5.74) is 0.709. The van der Waals surface area contributed by atoms with E-state index < -0.39 is 0 Å². The molecule has 0 spiro atoms. The highest BCUT2D eigenvalue weighted by Crippen LogP contribution is 2.20. The SMILES string of the molecule is CCNC(=NCc1ccccc1[N+](=O)[O-])NCC(C)(C)SC. The molecule has 1 aromatic carbocycles. The predicted octanol–water partition coefficient (Wildman–Crippen LogP) is 2.79. The van der Waals surface area contributed by atoms with E-state index in [1.165, 1.54) is 6.07 Å². The van der Waals surface area contributed by atoms with Gasteiger partial charge in [0.1, 0.15) is 0 Å². The van der Waals surface area contributed by atoms with E-state index in [0.29, 0.717) is 11.5 Å². The summed E-state index contributed by atoms with van der Waals surface area (Å²) in [5, 5.41) is 17.4. The van der Waals surface area contributed by atoms with Crippen molar-refractivity contribution in [3.05, 3.63) is 39.9 Å². The van der Waals surface area contributed by atoms with Crippen molar-refractivity contribution in [2.24, 2.45) is 4.99 Å². The topological polar surface area (TPSA) is 79.6 Å². The van der Waals surface area contributed by atoms with Crippen molar-refractivity contribution in [1.29, 1.82) is 0 Å². The fraction of sp³-hybridized carbons (Fsp3) is 0.533. The van der Waals surface area contributed by atoms with Crippen molar-refractivity contribution in [3.8, 4) is 0 Å². The van der Waals surface area contributed by atoms with Crippen LogP contribution in [0.2, 0.25) is 0 Å². The monoisotopic (exact) mass is 324 g/mol. The van der Waals surface area contributed by atoms with Crippen molar-refractivity contribution in [3.63, 3.8) is 0 Å². The molecule has 0 aliphatic rings. The highest BCUT2D eigenvalue weighted by molar-refractivity contribution is 7.99. The smallest absolute Gasteiger partial charge is 0.274 e. The summed E-state index contributed by atoms with van der Waals surface area (Å²) >= 11 is 1.77. The maximum atomic E-state index is 11.0. The second-order valence-electron chi connectivity index (χ2n) is 5.40. The Kier molecular flexibility index (Phi) is 7.17. The van der Waals surface area contributed by atoms with Gasteiger partial charge in [0.05, 0.1) is 17.0 Å². The molecular formula is C15H24N4O2S. The van der Waals surface area contributed by atoms with Crippen LogP contribution in [0.4, 0.5) is 5.69 Å². The van der Waals surface area contributed by atoms with Crippen LogP contribution in [0.5, 0.6) is 0 Å². The molecule has 122 valence electrons. The number of hydrogen-bond acceptors (Lipinski definition) is 4. The molecule has 2 N–H and O–H groups in total. The zero-order chi connectivity index (χ0) is 16.6. The van der Waals surface area contributed by atoms with E-state index in [4.69, 9.17) is 0 Å². The zero-order valence-electron chi connectivity index (χ0n) is 13.5. The summed E-state index contributed by atoms with van der Waals surface area (Å²) in [6, 6.07) is 6.68. The van der Waals surface area contributed by atoms with Crippen LogP contribution in [0.15, 0.2) is 29.3 Å². The van der Waals surface area contributed by atoms with Crippen molar-refractivity contribution in [1.82, 2.24) is 10.6 Å². The molecule has 0 aliphatic heterocycles. The third-order valence-corrected chi connectivity index (χ3v) is 4.42. The molecule has 0 fully saturated rings. The molecule has 0 unspecified atom stereocenters. The fourth-order valence-corrected chi connectivity index (χ4v) is 1.91. The highest BCUT2D eigenvalue weighted by atomic mass is 32.2. The molecule has 0 aliphatic carbocycles. The molecule has 1 aromatic rings. The van der Waals surface area contributed by atoms with E-state index in [1.807, 2.05) is 6.92 Å². The van der Waals surface area contributed by atoms with Crippen LogP contribution in [0, 0.1) is 10.1 Å². The standard InChI is InChI=1S/C15H24N4O2S/c1-5-16-14(18-11-15(2,3)22-4)17-10-12-8-6-7-9-13(12)19(20)21/h6-9H,5,10-11H2,1-4H3,(H2,16,17,18). The van der Waals surface area contributed by atoms with Gasteiger partial charge in [0.15, 0.2) is 5.96 Å². The second-order valence-corrected chi connectivity index (χ2v) is 6.91. The van der Waals surface area contributed by atoms with Crippen LogP contribution in [-0.2, 0) is 6.54 Å². The van der Waals surface area contributed by atoms with Gasteiger partial charge in [-0.05, 0) is 27.0 Å². The summed E-state index contributed by atoms with van der Waals surface area (Å²) in [7, 11) is 0. The second kappa shape index (κ2) is 8.63. The van der Waals surface area contributed by atoms with E-state index in [0.717, 1.165) is 13.1 Å². The Morgan fingerprint density at radius 1 is 1.36 bits per heavy atom. The lowest BCUT2D eigenvalue weighted by molar-refractivity contribution is -0.385. The Morgan fingerprint density at radius 2 is 2.05 bits per heavy atom. The van der Waals surface area contributed by atoms with Gasteiger partial charge in [0.2, 0.25) is 0 Å². The zero-order valence-corrected chi connectivity index (χ0v) is 14.4. The van der Waals surface area contributed by atoms with Crippen LogP contribution in [0.25, 0.3) is 0 Å². The van der Waals surface area contributed by atoms with Crippen molar-refractivity contribution in [2.75, 3.05) is 19.3 Å². The van der Waals surface area contributed by atoms with Crippen molar-refractivity contribution in [2.45, 2.75) is 32.1 Å². The lowest BCUT2D eigenvalue weighted by atomic mass is 10.2. The Bertz CT molecular complexity index is 532. The van der Waals surface area contributed by atoms with E-state index in [-0.39, 0.29) is 21.9 Å². The molecule has 0 bridgehead atoms. The number of nitrogens with one attached hydrogen (secondary N) is 2. The number of rotatable bonds is 7. The lowest BCUT2D eigenvalue weighted by Crippen LogP contribution is -2.43. The van der Waals surface area contributed by atoms with E-state index >= 15 is 0 Å². The lowest BCUT2D eigenvalue weighted by Gasteiger charge is -2.23. The third-order valence-electron chi connectivity index (χ3n) is 3.17. The maximum Gasteiger partial charge on any atom is 0.274 e. The number of nitrogens with zero attached hydrogens (tertiary/aromatic N) is 2. The van der Waals surface area contributed by atoms with Gasteiger partial charge in [-0.2, -0.15) is 11.8 Å². The average Bonchev–Trinajstić information content (AvgIpc) is 2.50. The molecule has 0 aromatic heterocycles. The van der Waals surface area contributed by atoms with Gasteiger partial charge in [0, 0.05) is 23.9 Å². The molecule has 0 atom stereocenters. The molecule has 0 saturated carbocycles. The minimum Gasteiger partial charge on any atom is -0.357 e. The van der Waals surface area contributed by atoms with E-state index in [1.54, 1.807) is 30.0 Å².